The van der Waals surface area contributed by atoms with Crippen molar-refractivity contribution < 1.29 is 19.1 Å². The van der Waals surface area contributed by atoms with E-state index in [1.165, 1.54) is 0 Å². The highest BCUT2D eigenvalue weighted by molar-refractivity contribution is 5.89. The second-order valence-electron chi connectivity index (χ2n) is 5.83. The van der Waals surface area contributed by atoms with Gasteiger partial charge in [0.2, 0.25) is 0 Å². The van der Waals surface area contributed by atoms with E-state index in [1.54, 1.807) is 26.8 Å². The van der Waals surface area contributed by atoms with E-state index in [0.29, 0.717) is 12.2 Å². The third kappa shape index (κ3) is 7.97. The number of carbonyl (C=O) groups is 2. The van der Waals surface area contributed by atoms with Crippen LogP contribution in [0.15, 0.2) is 11.6 Å². The van der Waals surface area contributed by atoms with Crippen molar-refractivity contribution in [3.63, 3.8) is 0 Å². The fourth-order valence-corrected chi connectivity index (χ4v) is 1.28. The molecule has 116 valence electrons. The van der Waals surface area contributed by atoms with E-state index in [0.717, 1.165) is 25.7 Å². The molecular formula is C16H28O4. The van der Waals surface area contributed by atoms with Gasteiger partial charge in [-0.25, -0.2) is 4.79 Å². The molecule has 4 nitrogen and oxygen atoms in total. The zero-order valence-corrected chi connectivity index (χ0v) is 13.5. The average Bonchev–Trinajstić information content (AvgIpc) is 2.37. The molecule has 0 unspecified atom stereocenters. The van der Waals surface area contributed by atoms with Crippen LogP contribution in [0.4, 0.5) is 0 Å². The maximum absolute atomic E-state index is 11.9. The molecule has 0 atom stereocenters. The number of allylic oxidation sites excluding steroid dienone is 1. The van der Waals surface area contributed by atoms with Crippen molar-refractivity contribution in [3.05, 3.63) is 11.6 Å². The van der Waals surface area contributed by atoms with E-state index in [-0.39, 0.29) is 18.5 Å². The number of hydrogen-bond acceptors (Lipinski definition) is 4. The monoisotopic (exact) mass is 284 g/mol. The predicted molar refractivity (Wildman–Crippen MR) is 79.3 cm³/mol. The van der Waals surface area contributed by atoms with Crippen LogP contribution in [-0.4, -0.2) is 25.2 Å². The molecule has 0 bridgehead atoms. The van der Waals surface area contributed by atoms with Crippen LogP contribution in [0.1, 0.15) is 60.3 Å². The average molecular weight is 284 g/mol. The molecule has 0 spiro atoms. The molecule has 0 saturated heterocycles. The van der Waals surface area contributed by atoms with Gasteiger partial charge in [-0.1, -0.05) is 32.8 Å². The number of unbranched alkanes of at least 4 members (excludes halogenated alkanes) is 2. The highest BCUT2D eigenvalue weighted by Crippen LogP contribution is 2.16. The lowest BCUT2D eigenvalue weighted by Crippen LogP contribution is -2.25. The van der Waals surface area contributed by atoms with Crippen molar-refractivity contribution in [3.8, 4) is 0 Å². The SMILES string of the molecule is CCCC=C(COC(=O)C(C)(C)C)C(=O)OCCCC. The Morgan fingerprint density at radius 2 is 1.70 bits per heavy atom. The summed E-state index contributed by atoms with van der Waals surface area (Å²) >= 11 is 0. The predicted octanol–water partition coefficient (Wildman–Crippen LogP) is 3.65. The normalized spacial score (nSPS) is 12.2. The molecule has 0 aliphatic heterocycles. The van der Waals surface area contributed by atoms with Crippen molar-refractivity contribution in [2.45, 2.75) is 60.3 Å². The van der Waals surface area contributed by atoms with Crippen LogP contribution >= 0.6 is 0 Å². The Morgan fingerprint density at radius 3 is 2.20 bits per heavy atom. The van der Waals surface area contributed by atoms with E-state index >= 15 is 0 Å². The Bertz CT molecular complexity index is 337. The molecule has 0 saturated carbocycles. The summed E-state index contributed by atoms with van der Waals surface area (Å²) in [5.41, 5.74) is -0.136. The molecule has 0 fully saturated rings. The third-order valence-electron chi connectivity index (χ3n) is 2.64. The van der Waals surface area contributed by atoms with Gasteiger partial charge in [0.1, 0.15) is 6.61 Å². The van der Waals surface area contributed by atoms with Gasteiger partial charge in [0.05, 0.1) is 17.6 Å². The first-order chi connectivity index (χ1) is 9.32. The lowest BCUT2D eigenvalue weighted by molar-refractivity contribution is -0.152. The summed E-state index contributed by atoms with van der Waals surface area (Å²) in [6.07, 6.45) is 5.31. The molecule has 0 aliphatic rings. The number of hydrogen-bond donors (Lipinski definition) is 0. The molecule has 0 amide bonds. The van der Waals surface area contributed by atoms with Crippen molar-refractivity contribution in [2.24, 2.45) is 5.41 Å². The summed E-state index contributed by atoms with van der Waals surface area (Å²) in [5.74, 6) is -0.699. The van der Waals surface area contributed by atoms with Crippen LogP contribution in [0.5, 0.6) is 0 Å². The molecule has 0 heterocycles. The van der Waals surface area contributed by atoms with Gasteiger partial charge in [-0.15, -0.1) is 0 Å². The molecule has 0 aliphatic carbocycles. The Labute approximate surface area is 122 Å². The number of carbonyl (C=O) groups excluding carboxylic acids is 2. The first-order valence-corrected chi connectivity index (χ1v) is 7.36. The van der Waals surface area contributed by atoms with Gasteiger partial charge in [0.15, 0.2) is 0 Å². The summed E-state index contributed by atoms with van der Waals surface area (Å²) in [6, 6.07) is 0. The minimum Gasteiger partial charge on any atom is -0.462 e. The zero-order chi connectivity index (χ0) is 15.6. The molecule has 0 aromatic heterocycles. The van der Waals surface area contributed by atoms with Crippen molar-refractivity contribution in [1.29, 1.82) is 0 Å². The van der Waals surface area contributed by atoms with E-state index in [4.69, 9.17) is 9.47 Å². The second-order valence-corrected chi connectivity index (χ2v) is 5.83. The first kappa shape index (κ1) is 18.7. The summed E-state index contributed by atoms with van der Waals surface area (Å²) in [7, 11) is 0. The summed E-state index contributed by atoms with van der Waals surface area (Å²) in [4.78, 5) is 23.6. The van der Waals surface area contributed by atoms with Crippen LogP contribution in [0.25, 0.3) is 0 Å². The highest BCUT2D eigenvalue weighted by Gasteiger charge is 2.24. The Kier molecular flexibility index (Phi) is 8.93. The lowest BCUT2D eigenvalue weighted by atomic mass is 9.97. The fourth-order valence-electron chi connectivity index (χ4n) is 1.28. The maximum atomic E-state index is 11.9. The smallest absolute Gasteiger partial charge is 0.337 e. The highest BCUT2D eigenvalue weighted by atomic mass is 16.5. The van der Waals surface area contributed by atoms with Gasteiger partial charge >= 0.3 is 11.9 Å². The summed E-state index contributed by atoms with van der Waals surface area (Å²) in [5, 5.41) is 0. The van der Waals surface area contributed by atoms with Gasteiger partial charge in [-0.05, 0) is 33.6 Å². The lowest BCUT2D eigenvalue weighted by Gasteiger charge is -2.17. The van der Waals surface area contributed by atoms with Crippen LogP contribution in [0.2, 0.25) is 0 Å². The van der Waals surface area contributed by atoms with E-state index in [9.17, 15) is 9.59 Å². The number of esters is 2. The number of ether oxygens (including phenoxy) is 2. The second kappa shape index (κ2) is 9.56. The topological polar surface area (TPSA) is 52.6 Å². The molecule has 0 aromatic carbocycles. The van der Waals surface area contributed by atoms with E-state index in [1.807, 2.05) is 13.8 Å². The molecule has 4 heteroatoms. The van der Waals surface area contributed by atoms with Crippen LogP contribution in [0, 0.1) is 5.41 Å². The quantitative estimate of drug-likeness (QED) is 0.388. The summed E-state index contributed by atoms with van der Waals surface area (Å²) < 4.78 is 10.3. The van der Waals surface area contributed by atoms with Crippen LogP contribution < -0.4 is 0 Å². The molecule has 0 rings (SSSR count). The van der Waals surface area contributed by atoms with Crippen LogP contribution in [0.3, 0.4) is 0 Å². The third-order valence-corrected chi connectivity index (χ3v) is 2.64. The molecule has 0 aromatic rings. The van der Waals surface area contributed by atoms with E-state index in [2.05, 4.69) is 0 Å². The largest absolute Gasteiger partial charge is 0.462 e. The standard InChI is InChI=1S/C16H28O4/c1-6-8-10-13(14(17)19-11-9-7-2)12-20-15(18)16(3,4)5/h10H,6-9,11-12H2,1-5H3. The van der Waals surface area contributed by atoms with Gasteiger partial charge in [-0.2, -0.15) is 0 Å². The Hall–Kier alpha value is -1.32. The Balaban J connectivity index is 4.50. The van der Waals surface area contributed by atoms with Crippen molar-refractivity contribution >= 4 is 11.9 Å². The first-order valence-electron chi connectivity index (χ1n) is 7.36. The summed E-state index contributed by atoms with van der Waals surface area (Å²) in [6.45, 7) is 9.80. The minimum absolute atomic E-state index is 0.0128. The van der Waals surface area contributed by atoms with Gasteiger partial charge in [0.25, 0.3) is 0 Å². The number of rotatable bonds is 8. The zero-order valence-electron chi connectivity index (χ0n) is 13.5. The van der Waals surface area contributed by atoms with Crippen molar-refractivity contribution in [1.82, 2.24) is 0 Å². The van der Waals surface area contributed by atoms with E-state index < -0.39 is 5.41 Å². The minimum atomic E-state index is -0.567. The van der Waals surface area contributed by atoms with Crippen molar-refractivity contribution in [2.75, 3.05) is 13.2 Å². The molecule has 0 N–H and O–H groups in total. The maximum Gasteiger partial charge on any atom is 0.337 e. The van der Waals surface area contributed by atoms with Crippen LogP contribution in [-0.2, 0) is 19.1 Å². The van der Waals surface area contributed by atoms with Gasteiger partial charge in [0, 0.05) is 0 Å². The van der Waals surface area contributed by atoms with Gasteiger partial charge < -0.3 is 9.47 Å². The fraction of sp³-hybridized carbons (Fsp3) is 0.750. The molecular weight excluding hydrogens is 256 g/mol. The van der Waals surface area contributed by atoms with Gasteiger partial charge in [-0.3, -0.25) is 4.79 Å². The Morgan fingerprint density at radius 1 is 1.05 bits per heavy atom. The molecule has 20 heavy (non-hydrogen) atoms. The molecule has 0 radical (unpaired) electrons.